The molecule has 2 aromatic carbocycles. The molecular weight excluding hydrogens is 440 g/mol. The molecule has 1 fully saturated rings. The van der Waals surface area contributed by atoms with Crippen molar-refractivity contribution in [1.82, 2.24) is 14.2 Å². The molecule has 1 aliphatic rings. The van der Waals surface area contributed by atoms with Gasteiger partial charge in [0.05, 0.1) is 17.7 Å². The molecule has 0 radical (unpaired) electrons. The van der Waals surface area contributed by atoms with Crippen molar-refractivity contribution in [3.8, 4) is 0 Å². The topological polar surface area (TPSA) is 99.7 Å². The molecule has 4 rings (SSSR count). The van der Waals surface area contributed by atoms with Gasteiger partial charge in [0.1, 0.15) is 4.90 Å². The number of aryl methyl sites for hydroxylation is 1. The van der Waals surface area contributed by atoms with E-state index in [1.54, 1.807) is 42.6 Å². The van der Waals surface area contributed by atoms with E-state index < -0.39 is 10.0 Å². The number of carbonyl (C=O) groups is 2. The van der Waals surface area contributed by atoms with Gasteiger partial charge in [0.25, 0.3) is 0 Å². The van der Waals surface area contributed by atoms with E-state index in [0.717, 1.165) is 10.9 Å². The summed E-state index contributed by atoms with van der Waals surface area (Å²) in [5.41, 5.74) is 2.37. The molecule has 0 atom stereocenters. The molecule has 1 amide bonds. The van der Waals surface area contributed by atoms with Gasteiger partial charge in [0.15, 0.2) is 5.78 Å². The van der Waals surface area contributed by atoms with Crippen molar-refractivity contribution in [3.63, 3.8) is 0 Å². The summed E-state index contributed by atoms with van der Waals surface area (Å²) < 4.78 is 28.1. The zero-order valence-electron chi connectivity index (χ0n) is 18.6. The Bertz CT molecular complexity index is 1320. The number of hydrogen-bond donors (Lipinski definition) is 1. The van der Waals surface area contributed by atoms with Gasteiger partial charge in [-0.3, -0.25) is 19.5 Å². The van der Waals surface area contributed by atoms with Crippen LogP contribution < -0.4 is 5.32 Å². The van der Waals surface area contributed by atoms with Gasteiger partial charge in [-0.1, -0.05) is 24.3 Å². The second-order valence-corrected chi connectivity index (χ2v) is 10.1. The van der Waals surface area contributed by atoms with Crippen LogP contribution in [-0.4, -0.2) is 67.0 Å². The molecule has 9 heteroatoms. The first-order chi connectivity index (χ1) is 15.8. The molecule has 0 unspecified atom stereocenters. The number of nitrogens with zero attached hydrogens (tertiary/aromatic N) is 3. The van der Waals surface area contributed by atoms with Crippen molar-refractivity contribution >= 4 is 38.3 Å². The Labute approximate surface area is 193 Å². The SMILES string of the molecule is CC(=O)c1ccccc1NC(=O)CN1CCN(S(=O)(=O)c2cccc3cc(C)cnc23)CC1. The van der Waals surface area contributed by atoms with Gasteiger partial charge in [-0.05, 0) is 43.7 Å². The number of Topliss-reactive ketones (excluding diaryl/α,β-unsaturated/α-hetero) is 1. The predicted molar refractivity (Wildman–Crippen MR) is 127 cm³/mol. The number of anilines is 1. The molecule has 2 heterocycles. The van der Waals surface area contributed by atoms with Gasteiger partial charge >= 0.3 is 0 Å². The number of rotatable bonds is 6. The third-order valence-corrected chi connectivity index (χ3v) is 7.64. The lowest BCUT2D eigenvalue weighted by Crippen LogP contribution is -2.50. The summed E-state index contributed by atoms with van der Waals surface area (Å²) in [4.78, 5) is 30.7. The number of fused-ring (bicyclic) bond motifs is 1. The maximum absolute atomic E-state index is 13.3. The van der Waals surface area contributed by atoms with E-state index in [0.29, 0.717) is 29.9 Å². The molecule has 33 heavy (non-hydrogen) atoms. The standard InChI is InChI=1S/C24H26N4O4S/c1-17-14-19-6-5-9-22(24(19)25-15-17)33(31,32)28-12-10-27(11-13-28)16-23(30)26-21-8-4-3-7-20(21)18(2)29/h3-9,14-15H,10-13,16H2,1-2H3,(H,26,30). The molecule has 0 saturated carbocycles. The lowest BCUT2D eigenvalue weighted by atomic mass is 10.1. The van der Waals surface area contributed by atoms with Crippen molar-refractivity contribution in [2.75, 3.05) is 38.0 Å². The molecule has 1 saturated heterocycles. The van der Waals surface area contributed by atoms with Gasteiger partial charge in [-0.15, -0.1) is 0 Å². The smallest absolute Gasteiger partial charge is 0.245 e. The van der Waals surface area contributed by atoms with E-state index in [1.165, 1.54) is 11.2 Å². The monoisotopic (exact) mass is 466 g/mol. The number of para-hydroxylation sites is 2. The van der Waals surface area contributed by atoms with Crippen molar-refractivity contribution in [3.05, 3.63) is 65.9 Å². The molecule has 8 nitrogen and oxygen atoms in total. The fourth-order valence-corrected chi connectivity index (χ4v) is 5.60. The van der Waals surface area contributed by atoms with Crippen molar-refractivity contribution < 1.29 is 18.0 Å². The van der Waals surface area contributed by atoms with Crippen LogP contribution in [0.5, 0.6) is 0 Å². The van der Waals surface area contributed by atoms with E-state index in [-0.39, 0.29) is 36.2 Å². The van der Waals surface area contributed by atoms with Gasteiger partial charge in [0, 0.05) is 43.3 Å². The Morgan fingerprint density at radius 3 is 2.48 bits per heavy atom. The molecule has 1 aliphatic heterocycles. The van der Waals surface area contributed by atoms with Crippen LogP contribution in [0.3, 0.4) is 0 Å². The van der Waals surface area contributed by atoms with Crippen molar-refractivity contribution in [1.29, 1.82) is 0 Å². The quantitative estimate of drug-likeness (QED) is 0.561. The summed E-state index contributed by atoms with van der Waals surface area (Å²) in [6.07, 6.45) is 1.67. The number of benzene rings is 2. The normalized spacial score (nSPS) is 15.5. The minimum atomic E-state index is -3.71. The van der Waals surface area contributed by atoms with E-state index in [9.17, 15) is 18.0 Å². The summed E-state index contributed by atoms with van der Waals surface area (Å²) in [6, 6.07) is 14.0. The predicted octanol–water partition coefficient (Wildman–Crippen LogP) is 2.69. The van der Waals surface area contributed by atoms with Gasteiger partial charge in [-0.25, -0.2) is 8.42 Å². The summed E-state index contributed by atoms with van der Waals surface area (Å²) in [5, 5.41) is 3.58. The van der Waals surface area contributed by atoms with Crippen LogP contribution in [0, 0.1) is 6.92 Å². The van der Waals surface area contributed by atoms with E-state index in [1.807, 2.05) is 24.0 Å². The van der Waals surface area contributed by atoms with Crippen LogP contribution in [0.4, 0.5) is 5.69 Å². The lowest BCUT2D eigenvalue weighted by Gasteiger charge is -2.33. The lowest BCUT2D eigenvalue weighted by molar-refractivity contribution is -0.117. The summed E-state index contributed by atoms with van der Waals surface area (Å²) >= 11 is 0. The Hall–Kier alpha value is -3.14. The largest absolute Gasteiger partial charge is 0.324 e. The van der Waals surface area contributed by atoms with Crippen LogP contribution >= 0.6 is 0 Å². The highest BCUT2D eigenvalue weighted by molar-refractivity contribution is 7.89. The number of hydrogen-bond acceptors (Lipinski definition) is 6. The number of nitrogens with one attached hydrogen (secondary N) is 1. The number of ketones is 1. The maximum atomic E-state index is 13.3. The molecule has 0 aliphatic carbocycles. The first kappa shape index (κ1) is 23.0. The number of sulfonamides is 1. The van der Waals surface area contributed by atoms with E-state index in [4.69, 9.17) is 0 Å². The molecule has 1 aromatic heterocycles. The molecule has 0 bridgehead atoms. The number of piperazine rings is 1. The van der Waals surface area contributed by atoms with Crippen LogP contribution in [0.25, 0.3) is 10.9 Å². The third kappa shape index (κ3) is 4.95. The highest BCUT2D eigenvalue weighted by atomic mass is 32.2. The van der Waals surface area contributed by atoms with E-state index >= 15 is 0 Å². The molecule has 3 aromatic rings. The zero-order valence-corrected chi connectivity index (χ0v) is 19.4. The van der Waals surface area contributed by atoms with E-state index in [2.05, 4.69) is 10.3 Å². The Kier molecular flexibility index (Phi) is 6.55. The van der Waals surface area contributed by atoms with Crippen LogP contribution in [0.15, 0.2) is 59.6 Å². The minimum Gasteiger partial charge on any atom is -0.324 e. The number of pyridine rings is 1. The third-order valence-electron chi connectivity index (χ3n) is 5.71. The average molecular weight is 467 g/mol. The Morgan fingerprint density at radius 2 is 1.76 bits per heavy atom. The van der Waals surface area contributed by atoms with Crippen molar-refractivity contribution in [2.45, 2.75) is 18.7 Å². The minimum absolute atomic E-state index is 0.120. The fraction of sp³-hybridized carbons (Fsp3) is 0.292. The van der Waals surface area contributed by atoms with Crippen LogP contribution in [0.1, 0.15) is 22.8 Å². The van der Waals surface area contributed by atoms with Gasteiger partial charge in [0.2, 0.25) is 15.9 Å². The number of amides is 1. The van der Waals surface area contributed by atoms with Gasteiger partial charge in [-0.2, -0.15) is 4.31 Å². The van der Waals surface area contributed by atoms with Crippen molar-refractivity contribution in [2.24, 2.45) is 0 Å². The molecule has 0 spiro atoms. The van der Waals surface area contributed by atoms with Crippen LogP contribution in [0.2, 0.25) is 0 Å². The molecule has 172 valence electrons. The highest BCUT2D eigenvalue weighted by Crippen LogP contribution is 2.25. The number of carbonyl (C=O) groups excluding carboxylic acids is 2. The second kappa shape index (κ2) is 9.38. The highest BCUT2D eigenvalue weighted by Gasteiger charge is 2.30. The second-order valence-electron chi connectivity index (χ2n) is 8.17. The first-order valence-electron chi connectivity index (χ1n) is 10.7. The molecule has 1 N–H and O–H groups in total. The van der Waals surface area contributed by atoms with Crippen LogP contribution in [-0.2, 0) is 14.8 Å². The maximum Gasteiger partial charge on any atom is 0.245 e. The summed E-state index contributed by atoms with van der Waals surface area (Å²) in [5.74, 6) is -0.364. The Morgan fingerprint density at radius 1 is 1.03 bits per heavy atom. The number of aromatic nitrogens is 1. The Balaban J connectivity index is 1.41. The summed E-state index contributed by atoms with van der Waals surface area (Å²) in [6.45, 7) is 4.91. The molecular formula is C24H26N4O4S. The first-order valence-corrected chi connectivity index (χ1v) is 12.2. The average Bonchev–Trinajstić information content (AvgIpc) is 2.79. The zero-order chi connectivity index (χ0) is 23.6. The fourth-order valence-electron chi connectivity index (χ4n) is 4.01. The summed E-state index contributed by atoms with van der Waals surface area (Å²) in [7, 11) is -3.71. The van der Waals surface area contributed by atoms with Gasteiger partial charge < -0.3 is 5.32 Å².